The van der Waals surface area contributed by atoms with Gasteiger partial charge in [0.05, 0.1) is 0 Å². The van der Waals surface area contributed by atoms with Gasteiger partial charge in [0.2, 0.25) is 5.91 Å². The van der Waals surface area contributed by atoms with E-state index in [1.165, 1.54) is 0 Å². The van der Waals surface area contributed by atoms with Crippen molar-refractivity contribution in [3.8, 4) is 0 Å². The molecule has 1 saturated carbocycles. The molecule has 1 rings (SSSR count). The van der Waals surface area contributed by atoms with E-state index in [0.29, 0.717) is 30.8 Å². The molecule has 14 heavy (non-hydrogen) atoms. The van der Waals surface area contributed by atoms with E-state index in [-0.39, 0.29) is 5.91 Å². The SMILES string of the molecule is CC(C)CC(CN)CC(=O)NC1CC1. The molecule has 3 heteroatoms. The summed E-state index contributed by atoms with van der Waals surface area (Å²) < 4.78 is 0. The minimum Gasteiger partial charge on any atom is -0.353 e. The summed E-state index contributed by atoms with van der Waals surface area (Å²) in [5, 5.41) is 3.00. The van der Waals surface area contributed by atoms with Gasteiger partial charge in [0.1, 0.15) is 0 Å². The highest BCUT2D eigenvalue weighted by atomic mass is 16.1. The van der Waals surface area contributed by atoms with Crippen LogP contribution in [0.25, 0.3) is 0 Å². The summed E-state index contributed by atoms with van der Waals surface area (Å²) in [6.45, 7) is 4.96. The van der Waals surface area contributed by atoms with E-state index in [9.17, 15) is 4.79 Å². The highest BCUT2D eigenvalue weighted by molar-refractivity contribution is 5.76. The molecule has 0 aromatic heterocycles. The third-order valence-corrected chi connectivity index (χ3v) is 2.55. The van der Waals surface area contributed by atoms with Crippen molar-refractivity contribution < 1.29 is 4.79 Å². The third kappa shape index (κ3) is 4.61. The number of nitrogens with two attached hydrogens (primary N) is 1. The van der Waals surface area contributed by atoms with Gasteiger partial charge in [-0.1, -0.05) is 13.8 Å². The average molecular weight is 198 g/mol. The monoisotopic (exact) mass is 198 g/mol. The standard InChI is InChI=1S/C11H22N2O/c1-8(2)5-9(7-12)6-11(14)13-10-3-4-10/h8-10H,3-7,12H2,1-2H3,(H,13,14). The molecule has 0 radical (unpaired) electrons. The molecule has 3 nitrogen and oxygen atoms in total. The molecular formula is C11H22N2O. The second-order valence-corrected chi connectivity index (χ2v) is 4.78. The zero-order chi connectivity index (χ0) is 10.6. The van der Waals surface area contributed by atoms with Crippen molar-refractivity contribution in [2.75, 3.05) is 6.54 Å². The first-order valence-electron chi connectivity index (χ1n) is 5.61. The smallest absolute Gasteiger partial charge is 0.220 e. The van der Waals surface area contributed by atoms with Gasteiger partial charge >= 0.3 is 0 Å². The molecule has 0 aromatic rings. The Hall–Kier alpha value is -0.570. The normalized spacial score (nSPS) is 18.3. The number of hydrogen-bond acceptors (Lipinski definition) is 2. The Balaban J connectivity index is 2.19. The highest BCUT2D eigenvalue weighted by Gasteiger charge is 2.24. The summed E-state index contributed by atoms with van der Waals surface area (Å²) in [7, 11) is 0. The maximum absolute atomic E-state index is 11.5. The summed E-state index contributed by atoms with van der Waals surface area (Å²) in [4.78, 5) is 11.5. The maximum atomic E-state index is 11.5. The average Bonchev–Trinajstić information content (AvgIpc) is 2.86. The fraction of sp³-hybridized carbons (Fsp3) is 0.909. The fourth-order valence-corrected chi connectivity index (χ4v) is 1.71. The van der Waals surface area contributed by atoms with E-state index in [0.717, 1.165) is 19.3 Å². The van der Waals surface area contributed by atoms with Crippen LogP contribution in [0.1, 0.15) is 39.5 Å². The minimum absolute atomic E-state index is 0.184. The molecule has 0 aromatic carbocycles. The van der Waals surface area contributed by atoms with Crippen molar-refractivity contribution in [3.63, 3.8) is 0 Å². The lowest BCUT2D eigenvalue weighted by atomic mass is 9.94. The van der Waals surface area contributed by atoms with Crippen LogP contribution >= 0.6 is 0 Å². The van der Waals surface area contributed by atoms with E-state index in [2.05, 4.69) is 19.2 Å². The fourth-order valence-electron chi connectivity index (χ4n) is 1.71. The number of carbonyl (C=O) groups is 1. The van der Waals surface area contributed by atoms with E-state index in [4.69, 9.17) is 5.73 Å². The molecule has 82 valence electrons. The predicted octanol–water partition coefficient (Wildman–Crippen LogP) is 1.28. The summed E-state index contributed by atoms with van der Waals surface area (Å²) in [5.74, 6) is 1.16. The Kier molecular flexibility index (Phi) is 4.39. The van der Waals surface area contributed by atoms with Crippen molar-refractivity contribution >= 4 is 5.91 Å². The van der Waals surface area contributed by atoms with Crippen LogP contribution in [0.5, 0.6) is 0 Å². The van der Waals surface area contributed by atoms with Gasteiger partial charge in [0.15, 0.2) is 0 Å². The number of hydrogen-bond donors (Lipinski definition) is 2. The number of carbonyl (C=O) groups excluding carboxylic acids is 1. The first-order valence-corrected chi connectivity index (χ1v) is 5.61. The van der Waals surface area contributed by atoms with E-state index < -0.39 is 0 Å². The van der Waals surface area contributed by atoms with Crippen LogP contribution in [0.2, 0.25) is 0 Å². The molecule has 1 atom stereocenters. The Bertz CT molecular complexity index is 188. The molecule has 1 unspecified atom stereocenters. The molecule has 1 aliphatic rings. The summed E-state index contributed by atoms with van der Waals surface area (Å²) >= 11 is 0. The van der Waals surface area contributed by atoms with Gasteiger partial charge in [0, 0.05) is 12.5 Å². The van der Waals surface area contributed by atoms with Crippen molar-refractivity contribution in [2.45, 2.75) is 45.6 Å². The van der Waals surface area contributed by atoms with Gasteiger partial charge in [-0.2, -0.15) is 0 Å². The molecular weight excluding hydrogens is 176 g/mol. The van der Waals surface area contributed by atoms with Crippen LogP contribution < -0.4 is 11.1 Å². The van der Waals surface area contributed by atoms with Gasteiger partial charge in [-0.25, -0.2) is 0 Å². The first kappa shape index (κ1) is 11.5. The summed E-state index contributed by atoms with van der Waals surface area (Å²) in [6, 6.07) is 0.472. The van der Waals surface area contributed by atoms with Gasteiger partial charge in [0.25, 0.3) is 0 Å². The molecule has 0 heterocycles. The van der Waals surface area contributed by atoms with E-state index >= 15 is 0 Å². The highest BCUT2D eigenvalue weighted by Crippen LogP contribution is 2.20. The molecule has 1 aliphatic carbocycles. The minimum atomic E-state index is 0.184. The molecule has 0 aliphatic heterocycles. The van der Waals surface area contributed by atoms with Crippen molar-refractivity contribution in [3.05, 3.63) is 0 Å². The summed E-state index contributed by atoms with van der Waals surface area (Å²) in [5.41, 5.74) is 5.64. The molecule has 0 bridgehead atoms. The topological polar surface area (TPSA) is 55.1 Å². The molecule has 1 amide bonds. The van der Waals surface area contributed by atoms with Crippen molar-refractivity contribution in [1.82, 2.24) is 5.32 Å². The predicted molar refractivity (Wildman–Crippen MR) is 57.8 cm³/mol. The molecule has 0 saturated heterocycles. The van der Waals surface area contributed by atoms with Crippen LogP contribution in [0.3, 0.4) is 0 Å². The van der Waals surface area contributed by atoms with Crippen LogP contribution in [0, 0.1) is 11.8 Å². The largest absolute Gasteiger partial charge is 0.353 e. The second-order valence-electron chi connectivity index (χ2n) is 4.78. The molecule has 1 fully saturated rings. The quantitative estimate of drug-likeness (QED) is 0.675. The third-order valence-electron chi connectivity index (χ3n) is 2.55. The zero-order valence-corrected chi connectivity index (χ0v) is 9.25. The van der Waals surface area contributed by atoms with Crippen molar-refractivity contribution in [1.29, 1.82) is 0 Å². The summed E-state index contributed by atoms with van der Waals surface area (Å²) in [6.07, 6.45) is 3.96. The van der Waals surface area contributed by atoms with E-state index in [1.807, 2.05) is 0 Å². The Morgan fingerprint density at radius 3 is 2.57 bits per heavy atom. The van der Waals surface area contributed by atoms with Crippen LogP contribution in [-0.2, 0) is 4.79 Å². The van der Waals surface area contributed by atoms with Gasteiger partial charge in [-0.15, -0.1) is 0 Å². The zero-order valence-electron chi connectivity index (χ0n) is 9.25. The molecule has 0 spiro atoms. The lowest BCUT2D eigenvalue weighted by Crippen LogP contribution is -2.30. The maximum Gasteiger partial charge on any atom is 0.220 e. The molecule has 3 N–H and O–H groups in total. The van der Waals surface area contributed by atoms with Crippen LogP contribution in [0.4, 0.5) is 0 Å². The Morgan fingerprint density at radius 1 is 1.50 bits per heavy atom. The number of nitrogens with one attached hydrogen (secondary N) is 1. The van der Waals surface area contributed by atoms with Crippen LogP contribution in [0.15, 0.2) is 0 Å². The number of amides is 1. The van der Waals surface area contributed by atoms with Gasteiger partial charge < -0.3 is 11.1 Å². The number of rotatable bonds is 6. The first-order chi connectivity index (χ1) is 6.61. The van der Waals surface area contributed by atoms with Gasteiger partial charge in [-0.3, -0.25) is 4.79 Å². The van der Waals surface area contributed by atoms with E-state index in [1.54, 1.807) is 0 Å². The van der Waals surface area contributed by atoms with Crippen LogP contribution in [-0.4, -0.2) is 18.5 Å². The van der Waals surface area contributed by atoms with Gasteiger partial charge in [-0.05, 0) is 37.6 Å². The Labute approximate surface area is 86.4 Å². The lowest BCUT2D eigenvalue weighted by Gasteiger charge is -2.16. The Morgan fingerprint density at radius 2 is 2.14 bits per heavy atom. The second kappa shape index (κ2) is 5.35. The lowest BCUT2D eigenvalue weighted by molar-refractivity contribution is -0.122. The van der Waals surface area contributed by atoms with Crippen molar-refractivity contribution in [2.24, 2.45) is 17.6 Å².